The van der Waals surface area contributed by atoms with E-state index in [0.717, 1.165) is 12.4 Å². The van der Waals surface area contributed by atoms with Gasteiger partial charge >= 0.3 is 0 Å². The molecule has 0 fully saturated rings. The summed E-state index contributed by atoms with van der Waals surface area (Å²) in [5.41, 5.74) is 6.57. The smallest absolute Gasteiger partial charge is 0.0843 e. The number of rotatable bonds is 3. The Morgan fingerprint density at radius 1 is 1.80 bits per heavy atom. The number of aliphatic hydroxyl groups is 1. The first kappa shape index (κ1) is 7.37. The molecule has 1 aliphatic heterocycles. The molecule has 0 saturated carbocycles. The zero-order chi connectivity index (χ0) is 7.40. The number of nitrogens with two attached hydrogens (primary N) is 1. The van der Waals surface area contributed by atoms with Crippen LogP contribution in [-0.4, -0.2) is 24.4 Å². The van der Waals surface area contributed by atoms with E-state index >= 15 is 0 Å². The molecule has 0 aromatic carbocycles. The zero-order valence-electron chi connectivity index (χ0n) is 5.80. The number of nitrogens with one attached hydrogen (secondary N) is 2. The number of aliphatic hydroxyl groups excluding tert-OH is 1. The summed E-state index contributed by atoms with van der Waals surface area (Å²) >= 11 is 0. The maximum absolute atomic E-state index is 8.59. The van der Waals surface area contributed by atoms with Gasteiger partial charge in [-0.3, -0.25) is 0 Å². The Bertz CT molecular complexity index is 135. The fourth-order valence-corrected chi connectivity index (χ4v) is 0.868. The zero-order valence-corrected chi connectivity index (χ0v) is 5.80. The van der Waals surface area contributed by atoms with Crippen molar-refractivity contribution in [3.05, 3.63) is 11.9 Å². The highest BCUT2D eigenvalue weighted by molar-refractivity contribution is 5.04. The fourth-order valence-electron chi connectivity index (χ4n) is 0.868. The second-order valence-electron chi connectivity index (χ2n) is 2.37. The minimum absolute atomic E-state index is 0.0407. The molecule has 10 heavy (non-hydrogen) atoms. The van der Waals surface area contributed by atoms with Gasteiger partial charge < -0.3 is 21.5 Å². The molecular formula is C6H13N3O. The van der Waals surface area contributed by atoms with Crippen molar-refractivity contribution in [2.75, 3.05) is 13.3 Å². The Morgan fingerprint density at radius 2 is 2.60 bits per heavy atom. The first-order valence-electron chi connectivity index (χ1n) is 3.35. The SMILES string of the molecule is NC(CO)CC1=CNCN1. The first-order valence-corrected chi connectivity index (χ1v) is 3.35. The van der Waals surface area contributed by atoms with Crippen LogP contribution in [0.25, 0.3) is 0 Å². The Labute approximate surface area is 60.1 Å². The molecule has 0 aromatic rings. The van der Waals surface area contributed by atoms with Gasteiger partial charge in [0.2, 0.25) is 0 Å². The highest BCUT2D eigenvalue weighted by atomic mass is 16.3. The van der Waals surface area contributed by atoms with Crippen LogP contribution in [0.3, 0.4) is 0 Å². The number of hydrogen-bond acceptors (Lipinski definition) is 4. The molecule has 1 heterocycles. The van der Waals surface area contributed by atoms with Crippen LogP contribution in [0, 0.1) is 0 Å². The van der Waals surface area contributed by atoms with Crippen LogP contribution in [0.1, 0.15) is 6.42 Å². The van der Waals surface area contributed by atoms with Gasteiger partial charge in [0.15, 0.2) is 0 Å². The maximum atomic E-state index is 8.59. The molecule has 4 nitrogen and oxygen atoms in total. The van der Waals surface area contributed by atoms with Gasteiger partial charge in [-0.2, -0.15) is 0 Å². The van der Waals surface area contributed by atoms with Crippen LogP contribution in [0.4, 0.5) is 0 Å². The van der Waals surface area contributed by atoms with E-state index < -0.39 is 0 Å². The van der Waals surface area contributed by atoms with Crippen LogP contribution < -0.4 is 16.4 Å². The lowest BCUT2D eigenvalue weighted by Crippen LogP contribution is -2.27. The summed E-state index contributed by atoms with van der Waals surface area (Å²) in [4.78, 5) is 0. The minimum Gasteiger partial charge on any atom is -0.395 e. The largest absolute Gasteiger partial charge is 0.395 e. The summed E-state index contributed by atoms with van der Waals surface area (Å²) in [7, 11) is 0. The highest BCUT2D eigenvalue weighted by Crippen LogP contribution is 2.00. The molecule has 5 N–H and O–H groups in total. The van der Waals surface area contributed by atoms with Crippen LogP contribution in [-0.2, 0) is 0 Å². The van der Waals surface area contributed by atoms with Crippen molar-refractivity contribution >= 4 is 0 Å². The predicted molar refractivity (Wildman–Crippen MR) is 38.9 cm³/mol. The Morgan fingerprint density at radius 3 is 3.10 bits per heavy atom. The molecule has 0 spiro atoms. The van der Waals surface area contributed by atoms with Gasteiger partial charge in [0, 0.05) is 24.4 Å². The normalized spacial score (nSPS) is 19.2. The molecule has 4 heteroatoms. The van der Waals surface area contributed by atoms with Gasteiger partial charge in [-0.1, -0.05) is 0 Å². The summed E-state index contributed by atoms with van der Waals surface area (Å²) in [5, 5.41) is 14.7. The summed E-state index contributed by atoms with van der Waals surface area (Å²) in [6, 6.07) is -0.140. The molecule has 0 aliphatic carbocycles. The third-order valence-electron chi connectivity index (χ3n) is 1.41. The topological polar surface area (TPSA) is 70.3 Å². The molecule has 1 atom stereocenters. The Kier molecular flexibility index (Phi) is 2.53. The van der Waals surface area contributed by atoms with Crippen molar-refractivity contribution in [1.29, 1.82) is 0 Å². The van der Waals surface area contributed by atoms with Crippen molar-refractivity contribution in [3.8, 4) is 0 Å². The highest BCUT2D eigenvalue weighted by Gasteiger charge is 2.06. The molecule has 0 radical (unpaired) electrons. The van der Waals surface area contributed by atoms with Crippen molar-refractivity contribution < 1.29 is 5.11 Å². The van der Waals surface area contributed by atoms with Gasteiger partial charge in [-0.05, 0) is 0 Å². The lowest BCUT2D eigenvalue weighted by atomic mass is 10.2. The molecular weight excluding hydrogens is 130 g/mol. The van der Waals surface area contributed by atoms with Crippen molar-refractivity contribution in [2.24, 2.45) is 5.73 Å². The van der Waals surface area contributed by atoms with Gasteiger partial charge in [0.1, 0.15) is 0 Å². The lowest BCUT2D eigenvalue weighted by molar-refractivity contribution is 0.264. The molecule has 0 amide bonds. The quantitative estimate of drug-likeness (QED) is 0.396. The van der Waals surface area contributed by atoms with Crippen LogP contribution in [0.5, 0.6) is 0 Å². The Balaban J connectivity index is 2.23. The first-order chi connectivity index (χ1) is 4.83. The molecule has 1 unspecified atom stereocenters. The van der Waals surface area contributed by atoms with Crippen molar-refractivity contribution in [1.82, 2.24) is 10.6 Å². The predicted octanol–water partition coefficient (Wildman–Crippen LogP) is -1.31. The number of hydrogen-bond donors (Lipinski definition) is 4. The average molecular weight is 143 g/mol. The lowest BCUT2D eigenvalue weighted by Gasteiger charge is -2.07. The fraction of sp³-hybridized carbons (Fsp3) is 0.667. The van der Waals surface area contributed by atoms with Gasteiger partial charge in [-0.25, -0.2) is 0 Å². The summed E-state index contributed by atoms with van der Waals surface area (Å²) in [6.07, 6.45) is 2.60. The molecule has 0 saturated heterocycles. The molecule has 0 bridgehead atoms. The van der Waals surface area contributed by atoms with E-state index in [1.54, 1.807) is 0 Å². The summed E-state index contributed by atoms with van der Waals surface area (Å²) in [6.45, 7) is 0.812. The maximum Gasteiger partial charge on any atom is 0.0843 e. The van der Waals surface area contributed by atoms with E-state index in [0.29, 0.717) is 6.42 Å². The second kappa shape index (κ2) is 3.43. The van der Waals surface area contributed by atoms with Gasteiger partial charge in [0.25, 0.3) is 0 Å². The second-order valence-corrected chi connectivity index (χ2v) is 2.37. The third kappa shape index (κ3) is 1.89. The average Bonchev–Trinajstić information content (AvgIpc) is 2.40. The van der Waals surface area contributed by atoms with E-state index in [2.05, 4.69) is 10.6 Å². The monoisotopic (exact) mass is 143 g/mol. The minimum atomic E-state index is -0.140. The van der Waals surface area contributed by atoms with E-state index in [1.165, 1.54) is 0 Å². The van der Waals surface area contributed by atoms with E-state index in [9.17, 15) is 0 Å². The third-order valence-corrected chi connectivity index (χ3v) is 1.41. The van der Waals surface area contributed by atoms with E-state index in [4.69, 9.17) is 10.8 Å². The van der Waals surface area contributed by atoms with Crippen molar-refractivity contribution in [2.45, 2.75) is 12.5 Å². The van der Waals surface area contributed by atoms with E-state index in [1.807, 2.05) is 6.20 Å². The van der Waals surface area contributed by atoms with Crippen LogP contribution in [0.2, 0.25) is 0 Å². The van der Waals surface area contributed by atoms with Gasteiger partial charge in [-0.15, -0.1) is 0 Å². The molecule has 1 aliphatic rings. The van der Waals surface area contributed by atoms with Crippen molar-refractivity contribution in [3.63, 3.8) is 0 Å². The molecule has 0 aromatic heterocycles. The van der Waals surface area contributed by atoms with E-state index in [-0.39, 0.29) is 12.6 Å². The summed E-state index contributed by atoms with van der Waals surface area (Å²) in [5.74, 6) is 0. The van der Waals surface area contributed by atoms with Gasteiger partial charge in [0.05, 0.1) is 13.3 Å². The Hall–Kier alpha value is -0.740. The molecule has 1 rings (SSSR count). The standard InChI is InChI=1S/C6H13N3O/c7-5(3-10)1-6-2-8-4-9-6/h2,5,8-10H,1,3-4,7H2. The molecule has 58 valence electrons. The van der Waals surface area contributed by atoms with Crippen LogP contribution in [0.15, 0.2) is 11.9 Å². The summed E-state index contributed by atoms with van der Waals surface area (Å²) < 4.78 is 0. The van der Waals surface area contributed by atoms with Crippen LogP contribution >= 0.6 is 0 Å².